The quantitative estimate of drug-likeness (QED) is 0.645. The van der Waals surface area contributed by atoms with E-state index in [4.69, 9.17) is 16.3 Å². The average molecular weight is 327 g/mol. The van der Waals surface area contributed by atoms with Gasteiger partial charge in [-0.05, 0) is 32.4 Å². The fourth-order valence-corrected chi connectivity index (χ4v) is 1.74. The molecule has 0 unspecified atom stereocenters. The van der Waals surface area contributed by atoms with Gasteiger partial charge < -0.3 is 9.84 Å². The number of aliphatic imine (C=N–C) groups is 1. The van der Waals surface area contributed by atoms with E-state index in [0.717, 1.165) is 5.56 Å². The highest BCUT2D eigenvalue weighted by atomic mass is 35.5. The maximum atomic E-state index is 11.9. The molecular formula is C16H23ClN2O3. The molecule has 22 heavy (non-hydrogen) atoms. The molecule has 0 fully saturated rings. The maximum Gasteiger partial charge on any atom is 0.434 e. The summed E-state index contributed by atoms with van der Waals surface area (Å²) < 4.78 is 5.23. The molecule has 1 N–H and O–H groups in total. The minimum Gasteiger partial charge on any atom is -0.505 e. The van der Waals surface area contributed by atoms with Crippen LogP contribution in [0.15, 0.2) is 17.3 Å². The number of hydrogen-bond donors (Lipinski definition) is 1. The van der Waals surface area contributed by atoms with Gasteiger partial charge in [0.2, 0.25) is 0 Å². The van der Waals surface area contributed by atoms with E-state index in [1.165, 1.54) is 6.07 Å². The minimum atomic E-state index is -0.622. The van der Waals surface area contributed by atoms with E-state index in [0.29, 0.717) is 12.1 Å². The van der Waals surface area contributed by atoms with Crippen LogP contribution in [0.5, 0.6) is 5.75 Å². The Labute approximate surface area is 136 Å². The van der Waals surface area contributed by atoms with Gasteiger partial charge in [-0.1, -0.05) is 32.4 Å². The fourth-order valence-electron chi connectivity index (χ4n) is 1.64. The highest BCUT2D eigenvalue weighted by Crippen LogP contribution is 2.24. The number of aromatic nitrogens is 1. The SMILES string of the molecule is CC(C)(C)OC(=O)N=C(Cc1cnc(Cl)c(O)c1)C(C)(C)C. The van der Waals surface area contributed by atoms with Gasteiger partial charge in [-0.3, -0.25) is 0 Å². The zero-order chi connectivity index (χ0) is 17.1. The Morgan fingerprint density at radius 1 is 1.32 bits per heavy atom. The molecular weight excluding hydrogens is 304 g/mol. The van der Waals surface area contributed by atoms with Crippen molar-refractivity contribution in [3.05, 3.63) is 23.0 Å². The molecule has 5 nitrogen and oxygen atoms in total. The lowest BCUT2D eigenvalue weighted by Crippen LogP contribution is -2.27. The predicted octanol–water partition coefficient (Wildman–Crippen LogP) is 4.41. The summed E-state index contributed by atoms with van der Waals surface area (Å²) in [6.07, 6.45) is 1.31. The van der Waals surface area contributed by atoms with Crippen molar-refractivity contribution in [1.82, 2.24) is 4.98 Å². The first-order valence-corrected chi connectivity index (χ1v) is 7.41. The van der Waals surface area contributed by atoms with Crippen molar-refractivity contribution in [2.45, 2.75) is 53.6 Å². The molecule has 0 saturated heterocycles. The summed E-state index contributed by atoms with van der Waals surface area (Å²) in [5.41, 5.74) is 0.444. The van der Waals surface area contributed by atoms with Crippen molar-refractivity contribution < 1.29 is 14.6 Å². The number of carbonyl (C=O) groups excluding carboxylic acids is 1. The van der Waals surface area contributed by atoms with E-state index in [2.05, 4.69) is 9.98 Å². The van der Waals surface area contributed by atoms with Crippen LogP contribution in [0.2, 0.25) is 5.15 Å². The highest BCUT2D eigenvalue weighted by Gasteiger charge is 2.23. The normalized spacial score (nSPS) is 13.1. The lowest BCUT2D eigenvalue weighted by molar-refractivity contribution is 0.0602. The molecule has 122 valence electrons. The van der Waals surface area contributed by atoms with Crippen molar-refractivity contribution in [2.75, 3.05) is 0 Å². The van der Waals surface area contributed by atoms with Crippen molar-refractivity contribution in [1.29, 1.82) is 0 Å². The summed E-state index contributed by atoms with van der Waals surface area (Å²) in [7, 11) is 0. The lowest BCUT2D eigenvalue weighted by Gasteiger charge is -2.23. The third-order valence-electron chi connectivity index (χ3n) is 2.73. The smallest absolute Gasteiger partial charge is 0.434 e. The van der Waals surface area contributed by atoms with Crippen LogP contribution in [-0.2, 0) is 11.2 Å². The summed E-state index contributed by atoms with van der Waals surface area (Å²) in [5.74, 6) is -0.0929. The maximum absolute atomic E-state index is 11.9. The zero-order valence-corrected chi connectivity index (χ0v) is 14.7. The summed E-state index contributed by atoms with van der Waals surface area (Å²) in [4.78, 5) is 19.9. The third kappa shape index (κ3) is 6.02. The zero-order valence-electron chi connectivity index (χ0n) is 13.9. The predicted molar refractivity (Wildman–Crippen MR) is 87.7 cm³/mol. The lowest BCUT2D eigenvalue weighted by atomic mass is 9.86. The second-order valence-electron chi connectivity index (χ2n) is 7.12. The number of amides is 1. The van der Waals surface area contributed by atoms with Crippen LogP contribution >= 0.6 is 11.6 Å². The van der Waals surface area contributed by atoms with Crippen molar-refractivity contribution in [2.24, 2.45) is 10.4 Å². The van der Waals surface area contributed by atoms with Crippen LogP contribution in [0.1, 0.15) is 47.1 Å². The monoisotopic (exact) mass is 326 g/mol. The molecule has 0 spiro atoms. The van der Waals surface area contributed by atoms with E-state index >= 15 is 0 Å². The highest BCUT2D eigenvalue weighted by molar-refractivity contribution is 6.30. The molecule has 1 aromatic rings. The number of nitrogens with zero attached hydrogens (tertiary/aromatic N) is 2. The van der Waals surface area contributed by atoms with Gasteiger partial charge in [0.25, 0.3) is 0 Å². The number of carbonyl (C=O) groups is 1. The van der Waals surface area contributed by atoms with Crippen LogP contribution in [0.25, 0.3) is 0 Å². The minimum absolute atomic E-state index is 0.0464. The van der Waals surface area contributed by atoms with E-state index in [1.807, 2.05) is 20.8 Å². The molecule has 1 aromatic heterocycles. The summed E-state index contributed by atoms with van der Waals surface area (Å²) >= 11 is 5.70. The van der Waals surface area contributed by atoms with E-state index in [1.54, 1.807) is 27.0 Å². The number of hydrogen-bond acceptors (Lipinski definition) is 4. The number of aromatic hydroxyl groups is 1. The molecule has 0 bridgehead atoms. The van der Waals surface area contributed by atoms with Gasteiger partial charge in [-0.25, -0.2) is 9.78 Å². The third-order valence-corrected chi connectivity index (χ3v) is 3.03. The first-order valence-electron chi connectivity index (χ1n) is 7.03. The van der Waals surface area contributed by atoms with Crippen LogP contribution in [-0.4, -0.2) is 27.5 Å². The largest absolute Gasteiger partial charge is 0.505 e. The molecule has 0 aromatic carbocycles. The number of halogens is 1. The van der Waals surface area contributed by atoms with Gasteiger partial charge in [0.15, 0.2) is 10.9 Å². The Hall–Kier alpha value is -1.62. The molecule has 0 atom stereocenters. The fraction of sp³-hybridized carbons (Fsp3) is 0.562. The summed E-state index contributed by atoms with van der Waals surface area (Å²) in [5, 5.41) is 9.67. The Bertz CT molecular complexity index is 584. The standard InChI is InChI=1S/C16H23ClN2O3/c1-15(2,3)12(19-14(21)22-16(4,5)6)8-10-7-11(20)13(17)18-9-10/h7,9,20H,8H2,1-6H3. The van der Waals surface area contributed by atoms with Crippen molar-refractivity contribution in [3.8, 4) is 5.75 Å². The van der Waals surface area contributed by atoms with E-state index in [-0.39, 0.29) is 16.3 Å². The second-order valence-corrected chi connectivity index (χ2v) is 7.48. The number of pyridine rings is 1. The first-order chi connectivity index (χ1) is 9.88. The molecule has 0 radical (unpaired) electrons. The molecule has 1 amide bonds. The van der Waals surface area contributed by atoms with Crippen molar-refractivity contribution >= 4 is 23.4 Å². The van der Waals surface area contributed by atoms with E-state index < -0.39 is 11.7 Å². The van der Waals surface area contributed by atoms with Crippen LogP contribution in [0.4, 0.5) is 4.79 Å². The molecule has 0 saturated carbocycles. The Morgan fingerprint density at radius 2 is 1.91 bits per heavy atom. The van der Waals surface area contributed by atoms with E-state index in [9.17, 15) is 9.90 Å². The first kappa shape index (κ1) is 18.4. The summed E-state index contributed by atoms with van der Waals surface area (Å²) in [6.45, 7) is 11.2. The molecule has 6 heteroatoms. The molecule has 1 rings (SSSR count). The molecule has 0 aliphatic heterocycles. The number of rotatable bonds is 2. The van der Waals surface area contributed by atoms with Gasteiger partial charge in [0, 0.05) is 23.7 Å². The topological polar surface area (TPSA) is 71.8 Å². The molecule has 1 heterocycles. The summed E-state index contributed by atoms with van der Waals surface area (Å²) in [6, 6.07) is 1.52. The van der Waals surface area contributed by atoms with Gasteiger partial charge in [-0.2, -0.15) is 4.99 Å². The van der Waals surface area contributed by atoms with Crippen LogP contribution in [0.3, 0.4) is 0 Å². The average Bonchev–Trinajstić information content (AvgIpc) is 2.29. The Morgan fingerprint density at radius 3 is 2.36 bits per heavy atom. The molecule has 0 aliphatic rings. The van der Waals surface area contributed by atoms with Crippen LogP contribution in [0, 0.1) is 5.41 Å². The van der Waals surface area contributed by atoms with Crippen molar-refractivity contribution in [3.63, 3.8) is 0 Å². The van der Waals surface area contributed by atoms with Crippen LogP contribution < -0.4 is 0 Å². The van der Waals surface area contributed by atoms with Gasteiger partial charge in [0.1, 0.15) is 5.60 Å². The van der Waals surface area contributed by atoms with Gasteiger partial charge in [-0.15, -0.1) is 0 Å². The van der Waals surface area contributed by atoms with Gasteiger partial charge >= 0.3 is 6.09 Å². The molecule has 0 aliphatic carbocycles. The second kappa shape index (κ2) is 6.65. The number of ether oxygens (including phenoxy) is 1. The Balaban J connectivity index is 3.04. The van der Waals surface area contributed by atoms with Gasteiger partial charge in [0.05, 0.1) is 0 Å². The Kier molecular flexibility index (Phi) is 5.57.